The molecule has 0 N–H and O–H groups in total. The molecule has 4 nitrogen and oxygen atoms in total. The highest BCUT2D eigenvalue weighted by atomic mass is 35.5. The number of nitrogens with zero attached hydrogens (tertiary/aromatic N) is 2. The van der Waals surface area contributed by atoms with Crippen LogP contribution < -0.4 is 0 Å². The molecule has 2 heterocycles. The second-order valence-corrected chi connectivity index (χ2v) is 4.56. The van der Waals surface area contributed by atoms with Gasteiger partial charge in [0.1, 0.15) is 0 Å². The van der Waals surface area contributed by atoms with E-state index in [1.165, 1.54) is 0 Å². The number of cyclic esters (lactones) is 1. The van der Waals surface area contributed by atoms with Crippen molar-refractivity contribution in [1.82, 2.24) is 4.98 Å². The summed E-state index contributed by atoms with van der Waals surface area (Å²) in [7, 11) is 0. The number of hydrogen-bond donors (Lipinski definition) is 0. The Bertz CT molecular complexity index is 706. The first-order valence-electron chi connectivity index (χ1n) is 5.91. The minimum Gasteiger partial charge on any atom is -0.402 e. The summed E-state index contributed by atoms with van der Waals surface area (Å²) in [4.78, 5) is 19.9. The Morgan fingerprint density at radius 2 is 1.75 bits per heavy atom. The van der Waals surface area contributed by atoms with Gasteiger partial charge in [-0.1, -0.05) is 11.6 Å². The fourth-order valence-electron chi connectivity index (χ4n) is 1.74. The molecule has 0 aliphatic carbocycles. The molecule has 0 saturated carbocycles. The third-order valence-corrected chi connectivity index (χ3v) is 2.97. The minimum absolute atomic E-state index is 0.265. The van der Waals surface area contributed by atoms with E-state index < -0.39 is 5.97 Å². The van der Waals surface area contributed by atoms with Crippen molar-refractivity contribution in [2.75, 3.05) is 0 Å². The van der Waals surface area contributed by atoms with Gasteiger partial charge in [-0.3, -0.25) is 4.98 Å². The number of esters is 1. The monoisotopic (exact) mass is 284 g/mol. The van der Waals surface area contributed by atoms with E-state index in [1.54, 1.807) is 54.9 Å². The summed E-state index contributed by atoms with van der Waals surface area (Å²) in [5.41, 5.74) is 1.81. The maximum absolute atomic E-state index is 11.8. The van der Waals surface area contributed by atoms with Gasteiger partial charge in [0.05, 0.1) is 0 Å². The van der Waals surface area contributed by atoms with Gasteiger partial charge < -0.3 is 4.74 Å². The smallest absolute Gasteiger partial charge is 0.363 e. The zero-order chi connectivity index (χ0) is 13.9. The van der Waals surface area contributed by atoms with E-state index in [4.69, 9.17) is 16.3 Å². The fourth-order valence-corrected chi connectivity index (χ4v) is 1.87. The molecule has 5 heteroatoms. The van der Waals surface area contributed by atoms with Crippen LogP contribution in [0.2, 0.25) is 5.02 Å². The lowest BCUT2D eigenvalue weighted by Gasteiger charge is -1.98. The van der Waals surface area contributed by atoms with Crippen LogP contribution in [0.1, 0.15) is 11.1 Å². The molecule has 0 amide bonds. The average Bonchev–Trinajstić information content (AvgIpc) is 2.82. The van der Waals surface area contributed by atoms with Crippen LogP contribution in [0.25, 0.3) is 6.08 Å². The largest absolute Gasteiger partial charge is 0.402 e. The number of pyridine rings is 1. The molecule has 0 fully saturated rings. The third-order valence-electron chi connectivity index (χ3n) is 2.72. The lowest BCUT2D eigenvalue weighted by atomic mass is 10.2. The van der Waals surface area contributed by atoms with E-state index in [2.05, 4.69) is 9.98 Å². The summed E-state index contributed by atoms with van der Waals surface area (Å²) in [5, 5.41) is 0.617. The molecule has 1 aliphatic heterocycles. The Labute approximate surface area is 120 Å². The molecule has 1 aromatic carbocycles. The van der Waals surface area contributed by atoms with Crippen molar-refractivity contribution in [2.24, 2.45) is 4.99 Å². The summed E-state index contributed by atoms with van der Waals surface area (Å²) in [5.74, 6) is -0.182. The third kappa shape index (κ3) is 2.60. The number of ether oxygens (including phenoxy) is 1. The van der Waals surface area contributed by atoms with Gasteiger partial charge in [0.2, 0.25) is 5.90 Å². The van der Waals surface area contributed by atoms with Crippen molar-refractivity contribution in [2.45, 2.75) is 0 Å². The van der Waals surface area contributed by atoms with Crippen molar-refractivity contribution >= 4 is 29.5 Å². The summed E-state index contributed by atoms with van der Waals surface area (Å²) in [6.07, 6.45) is 4.96. The summed E-state index contributed by atoms with van der Waals surface area (Å²) in [6, 6.07) is 10.5. The van der Waals surface area contributed by atoms with Gasteiger partial charge in [0.25, 0.3) is 0 Å². The van der Waals surface area contributed by atoms with Gasteiger partial charge in [-0.2, -0.15) is 0 Å². The second-order valence-electron chi connectivity index (χ2n) is 4.12. The Morgan fingerprint density at radius 1 is 1.05 bits per heavy atom. The van der Waals surface area contributed by atoms with Crippen molar-refractivity contribution in [1.29, 1.82) is 0 Å². The first-order valence-corrected chi connectivity index (χ1v) is 6.29. The normalized spacial score (nSPS) is 16.1. The van der Waals surface area contributed by atoms with Gasteiger partial charge in [-0.15, -0.1) is 0 Å². The SMILES string of the molecule is O=C1OC(c2ccc(Cl)cc2)=NC1=Cc1ccncc1. The highest BCUT2D eigenvalue weighted by molar-refractivity contribution is 6.30. The lowest BCUT2D eigenvalue weighted by molar-refractivity contribution is -0.129. The van der Waals surface area contributed by atoms with E-state index in [0.717, 1.165) is 5.56 Å². The topological polar surface area (TPSA) is 51.5 Å². The first-order chi connectivity index (χ1) is 9.72. The molecule has 1 aromatic heterocycles. The number of carbonyl (C=O) groups excluding carboxylic acids is 1. The molecule has 2 aromatic rings. The molecule has 0 unspecified atom stereocenters. The van der Waals surface area contributed by atoms with E-state index in [9.17, 15) is 4.79 Å². The highest BCUT2D eigenvalue weighted by Crippen LogP contribution is 2.19. The zero-order valence-electron chi connectivity index (χ0n) is 10.3. The Balaban J connectivity index is 1.93. The zero-order valence-corrected chi connectivity index (χ0v) is 11.0. The molecule has 0 bridgehead atoms. The average molecular weight is 285 g/mol. The van der Waals surface area contributed by atoms with Crippen LogP contribution in [0.5, 0.6) is 0 Å². The summed E-state index contributed by atoms with van der Waals surface area (Å²) >= 11 is 5.82. The fraction of sp³-hybridized carbons (Fsp3) is 0. The molecule has 0 atom stereocenters. The van der Waals surface area contributed by atoms with Crippen LogP contribution in [0, 0.1) is 0 Å². The molecule has 0 radical (unpaired) electrons. The van der Waals surface area contributed by atoms with Gasteiger partial charge in [-0.25, -0.2) is 9.79 Å². The molecular formula is C15H9ClN2O2. The number of hydrogen-bond acceptors (Lipinski definition) is 4. The number of halogens is 1. The van der Waals surface area contributed by atoms with Crippen LogP contribution in [-0.2, 0) is 9.53 Å². The lowest BCUT2D eigenvalue weighted by Crippen LogP contribution is -2.05. The molecule has 98 valence electrons. The highest BCUT2D eigenvalue weighted by Gasteiger charge is 2.23. The minimum atomic E-state index is -0.466. The Kier molecular flexibility index (Phi) is 3.31. The van der Waals surface area contributed by atoms with Crippen molar-refractivity contribution in [3.8, 4) is 0 Å². The van der Waals surface area contributed by atoms with Gasteiger partial charge in [0.15, 0.2) is 5.70 Å². The predicted molar refractivity (Wildman–Crippen MR) is 76.3 cm³/mol. The number of benzene rings is 1. The first kappa shape index (κ1) is 12.6. The maximum Gasteiger partial charge on any atom is 0.363 e. The summed E-state index contributed by atoms with van der Waals surface area (Å²) < 4.78 is 5.16. The standard InChI is InChI=1S/C15H9ClN2O2/c16-12-3-1-11(2-4-12)14-18-13(15(19)20-14)9-10-5-7-17-8-6-10/h1-9H. The van der Waals surface area contributed by atoms with Crippen molar-refractivity contribution in [3.63, 3.8) is 0 Å². The molecule has 0 spiro atoms. The van der Waals surface area contributed by atoms with E-state index in [-0.39, 0.29) is 11.6 Å². The molecule has 20 heavy (non-hydrogen) atoms. The quantitative estimate of drug-likeness (QED) is 0.629. The molecule has 3 rings (SSSR count). The van der Waals surface area contributed by atoms with Gasteiger partial charge in [-0.05, 0) is 48.0 Å². The summed E-state index contributed by atoms with van der Waals surface area (Å²) in [6.45, 7) is 0. The Morgan fingerprint density at radius 3 is 2.45 bits per heavy atom. The van der Waals surface area contributed by atoms with E-state index in [0.29, 0.717) is 10.6 Å². The van der Waals surface area contributed by atoms with Gasteiger partial charge in [0, 0.05) is 23.0 Å². The van der Waals surface area contributed by atoms with Crippen LogP contribution in [-0.4, -0.2) is 16.9 Å². The van der Waals surface area contributed by atoms with E-state index >= 15 is 0 Å². The maximum atomic E-state index is 11.8. The predicted octanol–water partition coefficient (Wildman–Crippen LogP) is 3.08. The number of rotatable bonds is 2. The number of aromatic nitrogens is 1. The number of aliphatic imine (C=N–C) groups is 1. The number of carbonyl (C=O) groups is 1. The molecular weight excluding hydrogens is 276 g/mol. The van der Waals surface area contributed by atoms with E-state index in [1.807, 2.05) is 0 Å². The van der Waals surface area contributed by atoms with Crippen molar-refractivity contribution < 1.29 is 9.53 Å². The van der Waals surface area contributed by atoms with Crippen LogP contribution in [0.3, 0.4) is 0 Å². The second kappa shape index (κ2) is 5.27. The van der Waals surface area contributed by atoms with Gasteiger partial charge >= 0.3 is 5.97 Å². The van der Waals surface area contributed by atoms with Crippen LogP contribution in [0.4, 0.5) is 0 Å². The molecule has 1 aliphatic rings. The van der Waals surface area contributed by atoms with Crippen LogP contribution >= 0.6 is 11.6 Å². The Hall–Kier alpha value is -2.46. The molecule has 0 saturated heterocycles. The van der Waals surface area contributed by atoms with Crippen molar-refractivity contribution in [3.05, 3.63) is 70.6 Å². The van der Waals surface area contributed by atoms with Crippen LogP contribution in [0.15, 0.2) is 59.5 Å².